The molecule has 0 aliphatic carbocycles. The Hall–Kier alpha value is -0.830. The molecule has 0 amide bonds. The van der Waals surface area contributed by atoms with Gasteiger partial charge in [-0.05, 0) is 30.3 Å². The molecule has 126 valence electrons. The van der Waals surface area contributed by atoms with E-state index in [2.05, 4.69) is 4.72 Å². The second-order valence-electron chi connectivity index (χ2n) is 4.51. The van der Waals surface area contributed by atoms with Crippen LogP contribution in [-0.2, 0) is 14.8 Å². The van der Waals surface area contributed by atoms with Crippen molar-refractivity contribution in [3.05, 3.63) is 44.6 Å². The molecule has 5 nitrogen and oxygen atoms in total. The first-order valence-corrected chi connectivity index (χ1v) is 9.54. The second kappa shape index (κ2) is 7.83. The van der Waals surface area contributed by atoms with Crippen LogP contribution < -0.4 is 9.46 Å². The van der Waals surface area contributed by atoms with Gasteiger partial charge in [0.2, 0.25) is 10.0 Å². The number of methoxy groups -OCH3 is 2. The predicted octanol–water partition coefficient (Wildman–Crippen LogP) is 3.73. The molecule has 1 aromatic carbocycles. The summed E-state index contributed by atoms with van der Waals surface area (Å²) in [5.74, 6) is 0.218. The van der Waals surface area contributed by atoms with Crippen LogP contribution in [0.3, 0.4) is 0 Å². The fourth-order valence-corrected chi connectivity index (χ4v) is 4.53. The molecule has 2 rings (SSSR count). The fourth-order valence-electron chi connectivity index (χ4n) is 1.93. The van der Waals surface area contributed by atoms with Crippen molar-refractivity contribution in [2.24, 2.45) is 0 Å². The Morgan fingerprint density at radius 1 is 1.22 bits per heavy atom. The zero-order chi connectivity index (χ0) is 17.0. The molecule has 0 radical (unpaired) electrons. The summed E-state index contributed by atoms with van der Waals surface area (Å²) in [7, 11) is -0.896. The number of halogens is 2. The molecule has 0 unspecified atom stereocenters. The minimum atomic E-state index is -3.80. The minimum Gasteiger partial charge on any atom is -0.495 e. The topological polar surface area (TPSA) is 64.6 Å². The summed E-state index contributed by atoms with van der Waals surface area (Å²) in [4.78, 5) is 0.810. The van der Waals surface area contributed by atoms with E-state index < -0.39 is 16.1 Å². The van der Waals surface area contributed by atoms with Crippen molar-refractivity contribution in [2.45, 2.75) is 11.0 Å². The van der Waals surface area contributed by atoms with Crippen LogP contribution in [0.15, 0.2) is 35.2 Å². The molecule has 1 aromatic heterocycles. The molecule has 1 N–H and O–H groups in total. The van der Waals surface area contributed by atoms with Gasteiger partial charge in [0.05, 0.1) is 11.4 Å². The van der Waals surface area contributed by atoms with Gasteiger partial charge in [0, 0.05) is 23.6 Å². The van der Waals surface area contributed by atoms with E-state index >= 15 is 0 Å². The van der Waals surface area contributed by atoms with E-state index in [9.17, 15) is 8.42 Å². The van der Waals surface area contributed by atoms with E-state index in [4.69, 9.17) is 32.7 Å². The summed E-state index contributed by atoms with van der Waals surface area (Å²) < 4.78 is 38.5. The number of thiophene rings is 1. The van der Waals surface area contributed by atoms with Crippen LogP contribution in [0.2, 0.25) is 9.36 Å². The van der Waals surface area contributed by atoms with E-state index in [1.54, 1.807) is 18.2 Å². The van der Waals surface area contributed by atoms with Crippen molar-refractivity contribution >= 4 is 44.6 Å². The first-order chi connectivity index (χ1) is 10.9. The fraction of sp³-hybridized carbons (Fsp3) is 0.286. The van der Waals surface area contributed by atoms with Gasteiger partial charge in [-0.1, -0.05) is 23.2 Å². The maximum Gasteiger partial charge on any atom is 0.244 e. The number of nitrogens with one attached hydrogen (secondary N) is 1. The van der Waals surface area contributed by atoms with Crippen LogP contribution in [0.25, 0.3) is 0 Å². The Bertz CT molecular complexity index is 777. The van der Waals surface area contributed by atoms with Crippen molar-refractivity contribution in [3.63, 3.8) is 0 Å². The van der Waals surface area contributed by atoms with Gasteiger partial charge in [-0.25, -0.2) is 13.1 Å². The van der Waals surface area contributed by atoms with Crippen LogP contribution in [0.5, 0.6) is 5.75 Å². The number of benzene rings is 1. The minimum absolute atomic E-state index is 0.0217. The summed E-state index contributed by atoms with van der Waals surface area (Å²) in [6.45, 7) is 0.0609. The molecule has 2 aromatic rings. The van der Waals surface area contributed by atoms with Gasteiger partial charge < -0.3 is 9.47 Å². The van der Waals surface area contributed by atoms with Crippen LogP contribution >= 0.6 is 34.5 Å². The van der Waals surface area contributed by atoms with Crippen LogP contribution in [0.4, 0.5) is 0 Å². The highest BCUT2D eigenvalue weighted by Crippen LogP contribution is 2.30. The zero-order valence-corrected chi connectivity index (χ0v) is 15.5. The van der Waals surface area contributed by atoms with Crippen LogP contribution in [0, 0.1) is 0 Å². The normalized spacial score (nSPS) is 13.0. The molecule has 0 saturated carbocycles. The monoisotopic (exact) mass is 395 g/mol. The molecular formula is C14H15Cl2NO4S2. The molecule has 0 aliphatic heterocycles. The van der Waals surface area contributed by atoms with E-state index in [0.717, 1.165) is 4.88 Å². The highest BCUT2D eigenvalue weighted by atomic mass is 35.5. The average molecular weight is 396 g/mol. The SMILES string of the molecule is COc1ccc(Cl)cc1S(=O)(=O)NC[C@H](OC)c1ccc(Cl)s1. The van der Waals surface area contributed by atoms with Gasteiger partial charge in [0.1, 0.15) is 16.7 Å². The van der Waals surface area contributed by atoms with E-state index in [-0.39, 0.29) is 17.2 Å². The number of hydrogen-bond acceptors (Lipinski definition) is 5. The predicted molar refractivity (Wildman–Crippen MR) is 92.3 cm³/mol. The maximum absolute atomic E-state index is 12.5. The molecule has 0 bridgehead atoms. The maximum atomic E-state index is 12.5. The average Bonchev–Trinajstić information content (AvgIpc) is 2.94. The third-order valence-electron chi connectivity index (χ3n) is 3.07. The Morgan fingerprint density at radius 3 is 2.52 bits per heavy atom. The quantitative estimate of drug-likeness (QED) is 0.775. The standard InChI is InChI=1S/C14H15Cl2NO4S2/c1-20-10-4-3-9(15)7-13(10)23(18,19)17-8-11(21-2)12-5-6-14(16)22-12/h3-7,11,17H,8H2,1-2H3/t11-/m0/s1. The Balaban J connectivity index is 2.19. The highest BCUT2D eigenvalue weighted by molar-refractivity contribution is 7.89. The van der Waals surface area contributed by atoms with Crippen molar-refractivity contribution in [3.8, 4) is 5.75 Å². The Kier molecular flexibility index (Phi) is 6.30. The molecule has 0 aliphatic rings. The number of hydrogen-bond donors (Lipinski definition) is 1. The first kappa shape index (κ1) is 18.5. The summed E-state index contributed by atoms with van der Waals surface area (Å²) in [6.07, 6.45) is -0.438. The van der Waals surface area contributed by atoms with E-state index in [1.807, 2.05) is 0 Å². The van der Waals surface area contributed by atoms with Crippen molar-refractivity contribution < 1.29 is 17.9 Å². The van der Waals surface area contributed by atoms with Crippen molar-refractivity contribution in [2.75, 3.05) is 20.8 Å². The molecule has 9 heteroatoms. The van der Waals surface area contributed by atoms with Crippen molar-refractivity contribution in [1.29, 1.82) is 0 Å². The summed E-state index contributed by atoms with van der Waals surface area (Å²) >= 11 is 13.1. The Labute approximate surface area is 149 Å². The number of ether oxygens (including phenoxy) is 2. The van der Waals surface area contributed by atoms with Gasteiger partial charge in [0.25, 0.3) is 0 Å². The molecular weight excluding hydrogens is 381 g/mol. The number of rotatable bonds is 7. The van der Waals surface area contributed by atoms with Crippen molar-refractivity contribution in [1.82, 2.24) is 4.72 Å². The molecule has 0 saturated heterocycles. The lowest BCUT2D eigenvalue weighted by Gasteiger charge is -2.16. The van der Waals surface area contributed by atoms with Crippen LogP contribution in [0.1, 0.15) is 11.0 Å². The summed E-state index contributed by atoms with van der Waals surface area (Å²) in [6, 6.07) is 7.94. The lowest BCUT2D eigenvalue weighted by molar-refractivity contribution is 0.110. The molecule has 23 heavy (non-hydrogen) atoms. The second-order valence-corrected chi connectivity index (χ2v) is 8.43. The van der Waals surface area contributed by atoms with E-state index in [0.29, 0.717) is 9.36 Å². The Morgan fingerprint density at radius 2 is 1.96 bits per heavy atom. The molecule has 0 fully saturated rings. The molecule has 1 atom stereocenters. The molecule has 1 heterocycles. The summed E-state index contributed by atoms with van der Waals surface area (Å²) in [5.41, 5.74) is 0. The van der Waals surface area contributed by atoms with Gasteiger partial charge in [0.15, 0.2) is 0 Å². The van der Waals surface area contributed by atoms with Gasteiger partial charge in [-0.15, -0.1) is 11.3 Å². The highest BCUT2D eigenvalue weighted by Gasteiger charge is 2.22. The number of sulfonamides is 1. The molecule has 0 spiro atoms. The lowest BCUT2D eigenvalue weighted by atomic mass is 10.3. The first-order valence-electron chi connectivity index (χ1n) is 6.48. The lowest BCUT2D eigenvalue weighted by Crippen LogP contribution is -2.29. The van der Waals surface area contributed by atoms with Gasteiger partial charge in [-0.3, -0.25) is 0 Å². The summed E-state index contributed by atoms with van der Waals surface area (Å²) in [5, 5.41) is 0.305. The third kappa shape index (κ3) is 4.59. The smallest absolute Gasteiger partial charge is 0.244 e. The largest absolute Gasteiger partial charge is 0.495 e. The van der Waals surface area contributed by atoms with E-state index in [1.165, 1.54) is 37.7 Å². The van der Waals surface area contributed by atoms with Gasteiger partial charge in [-0.2, -0.15) is 0 Å². The van der Waals surface area contributed by atoms with Crippen LogP contribution in [-0.4, -0.2) is 29.2 Å². The third-order valence-corrected chi connectivity index (χ3v) is 6.07. The van der Waals surface area contributed by atoms with Gasteiger partial charge >= 0.3 is 0 Å². The zero-order valence-electron chi connectivity index (χ0n) is 12.4.